The first-order valence-electron chi connectivity index (χ1n) is 9.12. The number of hydrogen-bond donors (Lipinski definition) is 4. The fourth-order valence-corrected chi connectivity index (χ4v) is 2.30. The van der Waals surface area contributed by atoms with E-state index in [0.29, 0.717) is 23.5 Å². The zero-order chi connectivity index (χ0) is 21.4. The highest BCUT2D eigenvalue weighted by molar-refractivity contribution is 5.95. The molecule has 0 fully saturated rings. The van der Waals surface area contributed by atoms with Gasteiger partial charge in [0, 0.05) is 23.5 Å². The summed E-state index contributed by atoms with van der Waals surface area (Å²) in [4.78, 5) is 35.6. The average molecular weight is 398 g/mol. The first-order valence-corrected chi connectivity index (χ1v) is 9.12. The van der Waals surface area contributed by atoms with Crippen molar-refractivity contribution in [3.05, 3.63) is 59.7 Å². The molecule has 8 heteroatoms. The van der Waals surface area contributed by atoms with Crippen LogP contribution in [-0.4, -0.2) is 30.1 Å². The van der Waals surface area contributed by atoms with E-state index in [1.54, 1.807) is 69.3 Å². The van der Waals surface area contributed by atoms with Gasteiger partial charge < -0.3 is 26.4 Å². The molecule has 8 nitrogen and oxygen atoms in total. The summed E-state index contributed by atoms with van der Waals surface area (Å²) in [7, 11) is 0. The highest BCUT2D eigenvalue weighted by Gasteiger charge is 2.16. The first-order chi connectivity index (χ1) is 13.6. The number of nitrogen functional groups attached to an aromatic ring is 1. The second-order valence-corrected chi connectivity index (χ2v) is 7.41. The smallest absolute Gasteiger partial charge is 0.408 e. The molecule has 0 unspecified atom stereocenters. The van der Waals surface area contributed by atoms with Gasteiger partial charge in [0.05, 0.1) is 0 Å². The molecule has 3 amide bonds. The first kappa shape index (κ1) is 21.7. The van der Waals surface area contributed by atoms with Crippen LogP contribution in [0.5, 0.6) is 0 Å². The van der Waals surface area contributed by atoms with Gasteiger partial charge in [-0.1, -0.05) is 12.1 Å². The number of ether oxygens (including phenoxy) is 1. The minimum atomic E-state index is -0.653. The van der Waals surface area contributed by atoms with Crippen molar-refractivity contribution in [1.82, 2.24) is 10.6 Å². The van der Waals surface area contributed by atoms with Crippen molar-refractivity contribution in [3.8, 4) is 0 Å². The number of hydrogen-bond acceptors (Lipinski definition) is 5. The Bertz CT molecular complexity index is 856. The molecular formula is C21H26N4O4. The summed E-state index contributed by atoms with van der Waals surface area (Å²) in [5, 5.41) is 7.89. The summed E-state index contributed by atoms with van der Waals surface area (Å²) in [6.45, 7) is 5.37. The minimum Gasteiger partial charge on any atom is -0.444 e. The van der Waals surface area contributed by atoms with Gasteiger partial charge in [0.15, 0.2) is 0 Å². The van der Waals surface area contributed by atoms with Crippen molar-refractivity contribution in [2.75, 3.05) is 17.6 Å². The number of carbonyl (C=O) groups excluding carboxylic acids is 3. The Balaban J connectivity index is 1.77. The molecule has 0 saturated heterocycles. The Hall–Kier alpha value is -3.55. The van der Waals surface area contributed by atoms with Crippen LogP contribution in [0.2, 0.25) is 0 Å². The molecule has 2 aromatic rings. The largest absolute Gasteiger partial charge is 0.444 e. The number of anilines is 2. The standard InChI is InChI=1S/C21H26N4O4/c1-21(2,3)29-20(28)24-13-18(26)25-17-10-4-14(5-11-17)12-23-19(27)15-6-8-16(22)9-7-15/h4-11H,12-13,22H2,1-3H3,(H,23,27)(H,24,28)(H,25,26). The van der Waals surface area contributed by atoms with Gasteiger partial charge >= 0.3 is 6.09 Å². The summed E-state index contributed by atoms with van der Waals surface area (Å²) in [5.41, 5.74) is 7.56. The van der Waals surface area contributed by atoms with E-state index >= 15 is 0 Å². The molecule has 0 heterocycles. The number of carbonyl (C=O) groups is 3. The lowest BCUT2D eigenvalue weighted by Gasteiger charge is -2.19. The van der Waals surface area contributed by atoms with E-state index < -0.39 is 11.7 Å². The Morgan fingerprint density at radius 1 is 0.931 bits per heavy atom. The van der Waals surface area contributed by atoms with Crippen LogP contribution in [0.1, 0.15) is 36.7 Å². The molecule has 29 heavy (non-hydrogen) atoms. The minimum absolute atomic E-state index is 0.199. The third kappa shape index (κ3) is 7.92. The van der Waals surface area contributed by atoms with Crippen LogP contribution in [0, 0.1) is 0 Å². The van der Waals surface area contributed by atoms with E-state index in [1.165, 1.54) is 0 Å². The summed E-state index contributed by atoms with van der Waals surface area (Å²) < 4.78 is 5.07. The number of benzene rings is 2. The number of nitrogens with one attached hydrogen (secondary N) is 3. The van der Waals surface area contributed by atoms with Crippen LogP contribution in [0.15, 0.2) is 48.5 Å². The zero-order valence-electron chi connectivity index (χ0n) is 16.7. The molecular weight excluding hydrogens is 372 g/mol. The monoisotopic (exact) mass is 398 g/mol. The highest BCUT2D eigenvalue weighted by atomic mass is 16.6. The van der Waals surface area contributed by atoms with Gasteiger partial charge in [-0.3, -0.25) is 9.59 Å². The molecule has 0 bridgehead atoms. The van der Waals surface area contributed by atoms with Crippen molar-refractivity contribution in [3.63, 3.8) is 0 Å². The molecule has 154 valence electrons. The number of rotatable bonds is 6. The van der Waals surface area contributed by atoms with Crippen molar-refractivity contribution in [2.24, 2.45) is 0 Å². The van der Waals surface area contributed by atoms with Crippen molar-refractivity contribution >= 4 is 29.3 Å². The predicted molar refractivity (Wildman–Crippen MR) is 111 cm³/mol. The molecule has 0 aliphatic heterocycles. The third-order valence-corrected chi connectivity index (χ3v) is 3.66. The van der Waals surface area contributed by atoms with Gasteiger partial charge in [-0.2, -0.15) is 0 Å². The molecule has 0 radical (unpaired) electrons. The van der Waals surface area contributed by atoms with E-state index in [-0.39, 0.29) is 18.4 Å². The van der Waals surface area contributed by atoms with Crippen LogP contribution < -0.4 is 21.7 Å². The maximum Gasteiger partial charge on any atom is 0.408 e. The van der Waals surface area contributed by atoms with E-state index in [1.807, 2.05) is 0 Å². The second kappa shape index (κ2) is 9.59. The quantitative estimate of drug-likeness (QED) is 0.557. The number of nitrogens with two attached hydrogens (primary N) is 1. The van der Waals surface area contributed by atoms with E-state index in [4.69, 9.17) is 10.5 Å². The molecule has 0 atom stereocenters. The van der Waals surface area contributed by atoms with Gasteiger partial charge in [-0.15, -0.1) is 0 Å². The predicted octanol–water partition coefficient (Wildman–Crippen LogP) is 2.66. The summed E-state index contributed by atoms with van der Waals surface area (Å²) in [6.07, 6.45) is -0.653. The van der Waals surface area contributed by atoms with Crippen LogP contribution >= 0.6 is 0 Å². The maximum absolute atomic E-state index is 12.1. The molecule has 0 aromatic heterocycles. The van der Waals surface area contributed by atoms with Gasteiger partial charge in [-0.25, -0.2) is 4.79 Å². The second-order valence-electron chi connectivity index (χ2n) is 7.41. The summed E-state index contributed by atoms with van der Waals surface area (Å²) in [5.74, 6) is -0.573. The number of amides is 3. The van der Waals surface area contributed by atoms with Crippen LogP contribution in [-0.2, 0) is 16.1 Å². The molecule has 0 spiro atoms. The van der Waals surface area contributed by atoms with E-state index in [9.17, 15) is 14.4 Å². The van der Waals surface area contributed by atoms with Gasteiger partial charge in [0.2, 0.25) is 5.91 Å². The molecule has 0 aliphatic carbocycles. The number of alkyl carbamates (subject to hydrolysis) is 1. The Morgan fingerprint density at radius 2 is 1.55 bits per heavy atom. The maximum atomic E-state index is 12.1. The molecule has 5 N–H and O–H groups in total. The van der Waals surface area contributed by atoms with Crippen molar-refractivity contribution < 1.29 is 19.1 Å². The lowest BCUT2D eigenvalue weighted by Crippen LogP contribution is -2.37. The van der Waals surface area contributed by atoms with Crippen molar-refractivity contribution in [1.29, 1.82) is 0 Å². The fraction of sp³-hybridized carbons (Fsp3) is 0.286. The Kier molecular flexibility index (Phi) is 7.19. The lowest BCUT2D eigenvalue weighted by molar-refractivity contribution is -0.115. The summed E-state index contributed by atoms with van der Waals surface area (Å²) >= 11 is 0. The highest BCUT2D eigenvalue weighted by Crippen LogP contribution is 2.11. The average Bonchev–Trinajstić information content (AvgIpc) is 2.65. The topological polar surface area (TPSA) is 123 Å². The molecule has 0 aliphatic rings. The normalized spacial score (nSPS) is 10.7. The van der Waals surface area contributed by atoms with E-state index in [0.717, 1.165) is 5.56 Å². The lowest BCUT2D eigenvalue weighted by atomic mass is 10.1. The van der Waals surface area contributed by atoms with Crippen LogP contribution in [0.3, 0.4) is 0 Å². The molecule has 0 saturated carbocycles. The van der Waals surface area contributed by atoms with Gasteiger partial charge in [0.1, 0.15) is 12.1 Å². The summed E-state index contributed by atoms with van der Waals surface area (Å²) in [6, 6.07) is 13.7. The fourth-order valence-electron chi connectivity index (χ4n) is 2.30. The Morgan fingerprint density at radius 3 is 2.14 bits per heavy atom. The van der Waals surface area contributed by atoms with Gasteiger partial charge in [-0.05, 0) is 62.7 Å². The molecule has 2 rings (SSSR count). The van der Waals surface area contributed by atoms with E-state index in [2.05, 4.69) is 16.0 Å². The van der Waals surface area contributed by atoms with Gasteiger partial charge in [0.25, 0.3) is 5.91 Å². The third-order valence-electron chi connectivity index (χ3n) is 3.66. The zero-order valence-corrected chi connectivity index (χ0v) is 16.7. The Labute approximate surface area is 169 Å². The van der Waals surface area contributed by atoms with Crippen LogP contribution in [0.4, 0.5) is 16.2 Å². The molecule has 2 aromatic carbocycles. The van der Waals surface area contributed by atoms with Crippen molar-refractivity contribution in [2.45, 2.75) is 32.9 Å². The SMILES string of the molecule is CC(C)(C)OC(=O)NCC(=O)Nc1ccc(CNC(=O)c2ccc(N)cc2)cc1. The van der Waals surface area contributed by atoms with Crippen LogP contribution in [0.25, 0.3) is 0 Å².